The van der Waals surface area contributed by atoms with Crippen molar-refractivity contribution in [2.75, 3.05) is 17.2 Å². The number of anilines is 2. The number of hydrogen-bond donors (Lipinski definition) is 3. The van der Waals surface area contributed by atoms with Crippen molar-refractivity contribution in [1.29, 1.82) is 0 Å². The van der Waals surface area contributed by atoms with Gasteiger partial charge in [0.1, 0.15) is 6.61 Å². The van der Waals surface area contributed by atoms with Crippen LogP contribution in [0.5, 0.6) is 0 Å². The molecule has 2 amide bonds. The number of benzene rings is 2. The van der Waals surface area contributed by atoms with Crippen LogP contribution in [0.3, 0.4) is 0 Å². The topological polar surface area (TPSA) is 61.4 Å². The summed E-state index contributed by atoms with van der Waals surface area (Å²) in [6.07, 6.45) is 0. The zero-order valence-electron chi connectivity index (χ0n) is 11.7. The second kappa shape index (κ2) is 7.13. The number of carbonyl (C=O) groups excluding carboxylic acids is 1. The molecule has 0 saturated heterocycles. The van der Waals surface area contributed by atoms with E-state index in [0.29, 0.717) is 5.69 Å². The van der Waals surface area contributed by atoms with Crippen LogP contribution in [-0.2, 0) is 0 Å². The lowest BCUT2D eigenvalue weighted by atomic mass is 10.1. The predicted octanol–water partition coefficient (Wildman–Crippen LogP) is 2.98. The fraction of sp³-hybridized carbons (Fsp3) is 0.118. The van der Waals surface area contributed by atoms with Crippen molar-refractivity contribution in [3.05, 3.63) is 59.7 Å². The highest BCUT2D eigenvalue weighted by atomic mass is 16.2. The van der Waals surface area contributed by atoms with Crippen LogP contribution in [-0.4, -0.2) is 17.7 Å². The molecular weight excluding hydrogens is 264 g/mol. The molecule has 0 atom stereocenters. The number of rotatable bonds is 2. The Balaban J connectivity index is 2.07. The van der Waals surface area contributed by atoms with Gasteiger partial charge in [0.2, 0.25) is 0 Å². The van der Waals surface area contributed by atoms with E-state index in [0.717, 1.165) is 16.8 Å². The van der Waals surface area contributed by atoms with Gasteiger partial charge in [-0.05, 0) is 36.8 Å². The molecule has 0 aromatic heterocycles. The third-order valence-electron chi connectivity index (χ3n) is 2.83. The van der Waals surface area contributed by atoms with Gasteiger partial charge < -0.3 is 15.7 Å². The van der Waals surface area contributed by atoms with Crippen LogP contribution in [0.25, 0.3) is 0 Å². The molecule has 2 aromatic rings. The van der Waals surface area contributed by atoms with Crippen LogP contribution in [0.15, 0.2) is 48.5 Å². The molecule has 0 bridgehead atoms. The molecule has 0 heterocycles. The maximum absolute atomic E-state index is 11.9. The van der Waals surface area contributed by atoms with Crippen molar-refractivity contribution in [2.24, 2.45) is 0 Å². The average Bonchev–Trinajstić information content (AvgIpc) is 2.48. The molecule has 2 rings (SSSR count). The first-order chi connectivity index (χ1) is 10.2. The number of hydrogen-bond acceptors (Lipinski definition) is 2. The van der Waals surface area contributed by atoms with Crippen molar-refractivity contribution >= 4 is 17.4 Å². The van der Waals surface area contributed by atoms with E-state index in [1.807, 2.05) is 49.4 Å². The third-order valence-corrected chi connectivity index (χ3v) is 2.83. The monoisotopic (exact) mass is 280 g/mol. The summed E-state index contributed by atoms with van der Waals surface area (Å²) < 4.78 is 0. The molecule has 0 radical (unpaired) electrons. The Labute approximate surface area is 123 Å². The average molecular weight is 280 g/mol. The Kier molecular flexibility index (Phi) is 4.97. The summed E-state index contributed by atoms with van der Waals surface area (Å²) in [5.41, 5.74) is 3.14. The Morgan fingerprint density at radius 3 is 2.52 bits per heavy atom. The first kappa shape index (κ1) is 14.6. The van der Waals surface area contributed by atoms with Crippen LogP contribution in [0.1, 0.15) is 11.1 Å². The summed E-state index contributed by atoms with van der Waals surface area (Å²) in [6, 6.07) is 14.4. The van der Waals surface area contributed by atoms with Crippen LogP contribution in [0.2, 0.25) is 0 Å². The Bertz CT molecular complexity index is 685. The van der Waals surface area contributed by atoms with Gasteiger partial charge in [-0.15, -0.1) is 0 Å². The lowest BCUT2D eigenvalue weighted by Gasteiger charge is -2.09. The van der Waals surface area contributed by atoms with Gasteiger partial charge in [0.05, 0.1) is 0 Å². The van der Waals surface area contributed by atoms with Crippen molar-refractivity contribution in [2.45, 2.75) is 6.92 Å². The van der Waals surface area contributed by atoms with E-state index < -0.39 is 0 Å². The number of amides is 2. The smallest absolute Gasteiger partial charge is 0.323 e. The molecule has 21 heavy (non-hydrogen) atoms. The van der Waals surface area contributed by atoms with E-state index >= 15 is 0 Å². The van der Waals surface area contributed by atoms with E-state index in [-0.39, 0.29) is 12.6 Å². The maximum Gasteiger partial charge on any atom is 0.323 e. The molecule has 0 spiro atoms. The zero-order chi connectivity index (χ0) is 15.1. The SMILES string of the molecule is Cc1ccc(NC(=O)Nc2ccccc2)cc1C#CCO. The molecule has 0 unspecified atom stereocenters. The first-order valence-corrected chi connectivity index (χ1v) is 6.52. The van der Waals surface area contributed by atoms with Gasteiger partial charge in [-0.1, -0.05) is 36.1 Å². The highest BCUT2D eigenvalue weighted by molar-refractivity contribution is 5.99. The standard InChI is InChI=1S/C17H16N2O2/c1-13-9-10-16(12-14(13)6-5-11-20)19-17(21)18-15-7-3-2-4-8-15/h2-4,7-10,12,20H,11H2,1H3,(H2,18,19,21). The summed E-state index contributed by atoms with van der Waals surface area (Å²) in [7, 11) is 0. The van der Waals surface area contributed by atoms with Crippen LogP contribution in [0.4, 0.5) is 16.2 Å². The molecule has 4 heteroatoms. The van der Waals surface area contributed by atoms with Gasteiger partial charge in [-0.3, -0.25) is 0 Å². The number of urea groups is 1. The van der Waals surface area contributed by atoms with Gasteiger partial charge in [0, 0.05) is 16.9 Å². The third kappa shape index (κ3) is 4.37. The van der Waals surface area contributed by atoms with Crippen LogP contribution in [0, 0.1) is 18.8 Å². The summed E-state index contributed by atoms with van der Waals surface area (Å²) in [6.45, 7) is 1.74. The van der Waals surface area contributed by atoms with Gasteiger partial charge in [0.25, 0.3) is 0 Å². The van der Waals surface area contributed by atoms with Gasteiger partial charge in [0.15, 0.2) is 0 Å². The lowest BCUT2D eigenvalue weighted by molar-refractivity contribution is 0.262. The van der Waals surface area contributed by atoms with Crippen molar-refractivity contribution in [3.63, 3.8) is 0 Å². The highest BCUT2D eigenvalue weighted by Crippen LogP contribution is 2.15. The fourth-order valence-electron chi connectivity index (χ4n) is 1.78. The Morgan fingerprint density at radius 1 is 1.10 bits per heavy atom. The second-order valence-electron chi connectivity index (χ2n) is 4.43. The quantitative estimate of drug-likeness (QED) is 0.741. The number of aryl methyl sites for hydroxylation is 1. The molecule has 0 aliphatic carbocycles. The molecule has 2 aromatic carbocycles. The molecule has 3 N–H and O–H groups in total. The van der Waals surface area contributed by atoms with Crippen molar-refractivity contribution in [3.8, 4) is 11.8 Å². The van der Waals surface area contributed by atoms with Gasteiger partial charge >= 0.3 is 6.03 Å². The van der Waals surface area contributed by atoms with Crippen molar-refractivity contribution < 1.29 is 9.90 Å². The van der Waals surface area contributed by atoms with Gasteiger partial charge in [-0.25, -0.2) is 4.79 Å². The van der Waals surface area contributed by atoms with E-state index in [4.69, 9.17) is 5.11 Å². The molecule has 4 nitrogen and oxygen atoms in total. The van der Waals surface area contributed by atoms with E-state index in [1.54, 1.807) is 6.07 Å². The van der Waals surface area contributed by atoms with E-state index in [9.17, 15) is 4.79 Å². The zero-order valence-corrected chi connectivity index (χ0v) is 11.7. The highest BCUT2D eigenvalue weighted by Gasteiger charge is 2.04. The summed E-state index contributed by atoms with van der Waals surface area (Å²) >= 11 is 0. The maximum atomic E-state index is 11.9. The summed E-state index contributed by atoms with van der Waals surface area (Å²) in [5, 5.41) is 14.2. The first-order valence-electron chi connectivity index (χ1n) is 6.52. The Hall–Kier alpha value is -2.77. The van der Waals surface area contributed by atoms with Crippen molar-refractivity contribution in [1.82, 2.24) is 0 Å². The number of aliphatic hydroxyl groups excluding tert-OH is 1. The fourth-order valence-corrected chi connectivity index (χ4v) is 1.78. The lowest BCUT2D eigenvalue weighted by Crippen LogP contribution is -2.19. The molecule has 0 fully saturated rings. The van der Waals surface area contributed by atoms with Crippen LogP contribution < -0.4 is 10.6 Å². The predicted molar refractivity (Wildman–Crippen MR) is 84.2 cm³/mol. The minimum absolute atomic E-state index is 0.189. The minimum Gasteiger partial charge on any atom is -0.384 e. The number of carbonyl (C=O) groups is 1. The Morgan fingerprint density at radius 2 is 1.81 bits per heavy atom. The molecular formula is C17H16N2O2. The molecule has 0 saturated carbocycles. The minimum atomic E-state index is -0.314. The molecule has 0 aliphatic rings. The number of aliphatic hydroxyl groups is 1. The normalized spacial score (nSPS) is 9.43. The molecule has 106 valence electrons. The van der Waals surface area contributed by atoms with Crippen LogP contribution >= 0.6 is 0 Å². The van der Waals surface area contributed by atoms with E-state index in [2.05, 4.69) is 22.5 Å². The number of nitrogens with one attached hydrogen (secondary N) is 2. The largest absolute Gasteiger partial charge is 0.384 e. The summed E-state index contributed by atoms with van der Waals surface area (Å²) in [4.78, 5) is 11.9. The van der Waals surface area contributed by atoms with Gasteiger partial charge in [-0.2, -0.15) is 0 Å². The van der Waals surface area contributed by atoms with E-state index in [1.165, 1.54) is 0 Å². The summed E-state index contributed by atoms with van der Waals surface area (Å²) in [5.74, 6) is 5.46. The molecule has 0 aliphatic heterocycles. The number of para-hydroxylation sites is 1. The second-order valence-corrected chi connectivity index (χ2v) is 4.43.